The third kappa shape index (κ3) is 5.69. The first-order valence-electron chi connectivity index (χ1n) is 10.6. The number of hydrogen-bond donors (Lipinski definition) is 1. The van der Waals surface area contributed by atoms with Crippen LogP contribution in [0.3, 0.4) is 0 Å². The Hall–Kier alpha value is -1.63. The maximum absolute atomic E-state index is 12.4. The molecule has 2 aliphatic heterocycles. The minimum atomic E-state index is 0.122. The molecular formula is C22H35N3O3. The van der Waals surface area contributed by atoms with Crippen LogP contribution in [0.15, 0.2) is 24.3 Å². The molecule has 28 heavy (non-hydrogen) atoms. The van der Waals surface area contributed by atoms with Gasteiger partial charge in [0.15, 0.2) is 0 Å². The van der Waals surface area contributed by atoms with Crippen molar-refractivity contribution in [2.75, 3.05) is 53.6 Å². The SMILES string of the molecule is COCCNC(=O)[C@@H]1CCCN(C2CCN(Cc3ccccc3OC)CC2)C1. The Kier molecular flexibility index (Phi) is 8.13. The summed E-state index contributed by atoms with van der Waals surface area (Å²) in [4.78, 5) is 17.5. The van der Waals surface area contributed by atoms with E-state index < -0.39 is 0 Å². The number of ether oxygens (including phenoxy) is 2. The van der Waals surface area contributed by atoms with Gasteiger partial charge in [0.1, 0.15) is 5.75 Å². The van der Waals surface area contributed by atoms with E-state index in [1.54, 1.807) is 14.2 Å². The van der Waals surface area contributed by atoms with Gasteiger partial charge in [0, 0.05) is 38.3 Å². The zero-order valence-electron chi connectivity index (χ0n) is 17.4. The van der Waals surface area contributed by atoms with Crippen molar-refractivity contribution in [1.82, 2.24) is 15.1 Å². The monoisotopic (exact) mass is 389 g/mol. The molecule has 2 aliphatic rings. The van der Waals surface area contributed by atoms with E-state index in [0.717, 1.165) is 51.3 Å². The molecule has 1 aromatic rings. The second-order valence-corrected chi connectivity index (χ2v) is 7.94. The lowest BCUT2D eigenvalue weighted by Gasteiger charge is -2.42. The maximum Gasteiger partial charge on any atom is 0.224 e. The van der Waals surface area contributed by atoms with Crippen molar-refractivity contribution < 1.29 is 14.3 Å². The largest absolute Gasteiger partial charge is 0.496 e. The molecule has 0 spiro atoms. The molecule has 0 bridgehead atoms. The molecule has 6 heteroatoms. The number of rotatable bonds is 8. The van der Waals surface area contributed by atoms with Crippen LogP contribution in [0.5, 0.6) is 5.75 Å². The van der Waals surface area contributed by atoms with Crippen molar-refractivity contribution in [2.24, 2.45) is 5.92 Å². The number of amides is 1. The van der Waals surface area contributed by atoms with Gasteiger partial charge in [-0.25, -0.2) is 0 Å². The Morgan fingerprint density at radius 2 is 1.93 bits per heavy atom. The van der Waals surface area contributed by atoms with Crippen LogP contribution in [0.4, 0.5) is 0 Å². The third-order valence-corrected chi connectivity index (χ3v) is 6.09. The number of nitrogens with one attached hydrogen (secondary N) is 1. The summed E-state index contributed by atoms with van der Waals surface area (Å²) < 4.78 is 10.5. The smallest absolute Gasteiger partial charge is 0.224 e. The molecule has 3 rings (SSSR count). The first kappa shape index (κ1) is 21.1. The van der Waals surface area contributed by atoms with Gasteiger partial charge in [0.05, 0.1) is 19.6 Å². The van der Waals surface area contributed by atoms with Gasteiger partial charge >= 0.3 is 0 Å². The Morgan fingerprint density at radius 1 is 1.14 bits per heavy atom. The fourth-order valence-electron chi connectivity index (χ4n) is 4.49. The number of hydrogen-bond acceptors (Lipinski definition) is 5. The second kappa shape index (κ2) is 10.8. The molecule has 1 aromatic carbocycles. The van der Waals surface area contributed by atoms with Gasteiger partial charge < -0.3 is 14.8 Å². The van der Waals surface area contributed by atoms with Crippen molar-refractivity contribution in [3.05, 3.63) is 29.8 Å². The number of piperidine rings is 2. The van der Waals surface area contributed by atoms with Crippen LogP contribution in [0.1, 0.15) is 31.2 Å². The molecule has 0 aromatic heterocycles. The van der Waals surface area contributed by atoms with Gasteiger partial charge in [-0.05, 0) is 51.4 Å². The Labute approximate surface area is 169 Å². The van der Waals surface area contributed by atoms with Crippen molar-refractivity contribution in [2.45, 2.75) is 38.3 Å². The van der Waals surface area contributed by atoms with Gasteiger partial charge in [0.2, 0.25) is 5.91 Å². The lowest BCUT2D eigenvalue weighted by atomic mass is 9.93. The zero-order chi connectivity index (χ0) is 19.8. The predicted octanol–water partition coefficient (Wildman–Crippen LogP) is 2.13. The van der Waals surface area contributed by atoms with Crippen LogP contribution in [0.25, 0.3) is 0 Å². The van der Waals surface area contributed by atoms with Crippen LogP contribution in [-0.2, 0) is 16.1 Å². The van der Waals surface area contributed by atoms with Crippen molar-refractivity contribution >= 4 is 5.91 Å². The Balaban J connectivity index is 1.46. The quantitative estimate of drug-likeness (QED) is 0.691. The predicted molar refractivity (Wildman–Crippen MR) is 110 cm³/mol. The number of carbonyl (C=O) groups excluding carboxylic acids is 1. The molecule has 0 unspecified atom stereocenters. The molecule has 0 saturated carbocycles. The fourth-order valence-corrected chi connectivity index (χ4v) is 4.49. The molecule has 1 amide bonds. The lowest BCUT2D eigenvalue weighted by molar-refractivity contribution is -0.127. The van der Waals surface area contributed by atoms with Crippen LogP contribution in [0.2, 0.25) is 0 Å². The normalized spacial score (nSPS) is 22.1. The van der Waals surface area contributed by atoms with E-state index in [1.807, 2.05) is 12.1 Å². The van der Waals surface area contributed by atoms with Crippen molar-refractivity contribution in [1.29, 1.82) is 0 Å². The molecule has 2 saturated heterocycles. The van der Waals surface area contributed by atoms with Gasteiger partial charge in [0.25, 0.3) is 0 Å². The lowest BCUT2D eigenvalue weighted by Crippen LogP contribution is -2.50. The molecule has 2 fully saturated rings. The van der Waals surface area contributed by atoms with E-state index in [0.29, 0.717) is 19.2 Å². The molecule has 0 radical (unpaired) electrons. The number of benzene rings is 1. The average molecular weight is 390 g/mol. The van der Waals surface area contributed by atoms with E-state index in [9.17, 15) is 4.79 Å². The highest BCUT2D eigenvalue weighted by atomic mass is 16.5. The van der Waals surface area contributed by atoms with Crippen LogP contribution in [0, 0.1) is 5.92 Å². The number of likely N-dealkylation sites (tertiary alicyclic amines) is 2. The first-order chi connectivity index (χ1) is 13.7. The minimum absolute atomic E-state index is 0.122. The molecule has 2 heterocycles. The summed E-state index contributed by atoms with van der Waals surface area (Å²) in [6.45, 7) is 6.35. The second-order valence-electron chi connectivity index (χ2n) is 7.94. The summed E-state index contributed by atoms with van der Waals surface area (Å²) in [5.41, 5.74) is 1.26. The van der Waals surface area contributed by atoms with E-state index in [4.69, 9.17) is 9.47 Å². The highest BCUT2D eigenvalue weighted by Crippen LogP contribution is 2.26. The van der Waals surface area contributed by atoms with Gasteiger partial charge in [-0.15, -0.1) is 0 Å². The number of carbonyl (C=O) groups is 1. The number of nitrogens with zero attached hydrogens (tertiary/aromatic N) is 2. The molecule has 0 aliphatic carbocycles. The standard InChI is InChI=1S/C22H35N3O3/c1-27-15-11-23-22(26)19-7-5-12-25(17-19)20-9-13-24(14-10-20)16-18-6-3-4-8-21(18)28-2/h3-4,6,8,19-20H,5,7,9-17H2,1-2H3,(H,23,26)/t19-/m1/s1. The zero-order valence-corrected chi connectivity index (χ0v) is 17.4. The van der Waals surface area contributed by atoms with E-state index in [1.165, 1.54) is 18.4 Å². The van der Waals surface area contributed by atoms with Crippen LogP contribution >= 0.6 is 0 Å². The van der Waals surface area contributed by atoms with Crippen LogP contribution in [-0.4, -0.2) is 75.3 Å². The summed E-state index contributed by atoms with van der Waals surface area (Å²) in [5.74, 6) is 1.29. The van der Waals surface area contributed by atoms with Crippen molar-refractivity contribution in [3.8, 4) is 5.75 Å². The van der Waals surface area contributed by atoms with Gasteiger partial charge in [-0.3, -0.25) is 14.6 Å². The van der Waals surface area contributed by atoms with Crippen molar-refractivity contribution in [3.63, 3.8) is 0 Å². The van der Waals surface area contributed by atoms with Crippen LogP contribution < -0.4 is 10.1 Å². The molecule has 156 valence electrons. The highest BCUT2D eigenvalue weighted by molar-refractivity contribution is 5.78. The summed E-state index contributed by atoms with van der Waals surface area (Å²) in [6, 6.07) is 8.89. The summed E-state index contributed by atoms with van der Waals surface area (Å²) in [7, 11) is 3.40. The average Bonchev–Trinajstić information content (AvgIpc) is 2.75. The van der Waals surface area contributed by atoms with Gasteiger partial charge in [-0.1, -0.05) is 18.2 Å². The minimum Gasteiger partial charge on any atom is -0.496 e. The fraction of sp³-hybridized carbons (Fsp3) is 0.682. The third-order valence-electron chi connectivity index (χ3n) is 6.09. The van der Waals surface area contributed by atoms with E-state index in [-0.39, 0.29) is 11.8 Å². The summed E-state index contributed by atoms with van der Waals surface area (Å²) in [6.07, 6.45) is 4.46. The number of methoxy groups -OCH3 is 2. The molecular weight excluding hydrogens is 354 g/mol. The molecule has 1 N–H and O–H groups in total. The maximum atomic E-state index is 12.4. The van der Waals surface area contributed by atoms with Gasteiger partial charge in [-0.2, -0.15) is 0 Å². The molecule has 1 atom stereocenters. The summed E-state index contributed by atoms with van der Waals surface area (Å²) >= 11 is 0. The topological polar surface area (TPSA) is 54.0 Å². The Morgan fingerprint density at radius 3 is 2.68 bits per heavy atom. The van der Waals surface area contributed by atoms with E-state index in [2.05, 4.69) is 27.2 Å². The highest BCUT2D eigenvalue weighted by Gasteiger charge is 2.31. The number of para-hydroxylation sites is 1. The first-order valence-corrected chi connectivity index (χ1v) is 10.6. The van der Waals surface area contributed by atoms with E-state index >= 15 is 0 Å². The Bertz CT molecular complexity index is 617. The summed E-state index contributed by atoms with van der Waals surface area (Å²) in [5, 5.41) is 3.01. The molecule has 6 nitrogen and oxygen atoms in total.